The van der Waals surface area contributed by atoms with Crippen LogP contribution in [0.2, 0.25) is 0 Å². The SMILES string of the molecule is CC(NC(C)C1CC1)c1ccc2c(c1)CCCC2. The first-order valence-electron chi connectivity index (χ1n) is 7.62. The zero-order chi connectivity index (χ0) is 12.5. The highest BCUT2D eigenvalue weighted by molar-refractivity contribution is 5.35. The molecule has 1 fully saturated rings. The van der Waals surface area contributed by atoms with Gasteiger partial charge in [0.05, 0.1) is 0 Å². The summed E-state index contributed by atoms with van der Waals surface area (Å²) in [5.74, 6) is 0.935. The van der Waals surface area contributed by atoms with E-state index in [0.29, 0.717) is 12.1 Å². The number of nitrogens with one attached hydrogen (secondary N) is 1. The predicted octanol–water partition coefficient (Wildman–Crippen LogP) is 4.01. The normalized spacial score (nSPS) is 22.3. The lowest BCUT2D eigenvalue weighted by atomic mass is 9.89. The van der Waals surface area contributed by atoms with Crippen LogP contribution < -0.4 is 5.32 Å². The minimum Gasteiger partial charge on any atom is -0.307 e. The van der Waals surface area contributed by atoms with Gasteiger partial charge in [0.1, 0.15) is 0 Å². The second-order valence-corrected chi connectivity index (χ2v) is 6.25. The molecular weight excluding hydrogens is 218 g/mol. The number of fused-ring (bicyclic) bond motifs is 1. The van der Waals surface area contributed by atoms with Crippen molar-refractivity contribution in [3.63, 3.8) is 0 Å². The average molecular weight is 243 g/mol. The Kier molecular flexibility index (Phi) is 3.43. The molecule has 0 spiro atoms. The van der Waals surface area contributed by atoms with Crippen molar-refractivity contribution in [2.24, 2.45) is 5.92 Å². The number of benzene rings is 1. The summed E-state index contributed by atoms with van der Waals surface area (Å²) in [5, 5.41) is 3.76. The molecule has 0 radical (unpaired) electrons. The molecule has 18 heavy (non-hydrogen) atoms. The van der Waals surface area contributed by atoms with E-state index in [4.69, 9.17) is 0 Å². The fourth-order valence-electron chi connectivity index (χ4n) is 3.25. The predicted molar refractivity (Wildman–Crippen MR) is 76.8 cm³/mol. The molecular formula is C17H25N. The van der Waals surface area contributed by atoms with E-state index in [1.807, 2.05) is 0 Å². The molecule has 0 heterocycles. The zero-order valence-corrected chi connectivity index (χ0v) is 11.7. The fourth-order valence-corrected chi connectivity index (χ4v) is 3.25. The van der Waals surface area contributed by atoms with Gasteiger partial charge in [-0.15, -0.1) is 0 Å². The monoisotopic (exact) mass is 243 g/mol. The Bertz CT molecular complexity index is 420. The van der Waals surface area contributed by atoms with Gasteiger partial charge in [0.25, 0.3) is 0 Å². The Balaban J connectivity index is 1.70. The van der Waals surface area contributed by atoms with Gasteiger partial charge < -0.3 is 5.32 Å². The second kappa shape index (κ2) is 5.05. The van der Waals surface area contributed by atoms with Crippen LogP contribution in [0.25, 0.3) is 0 Å². The summed E-state index contributed by atoms with van der Waals surface area (Å²) in [7, 11) is 0. The summed E-state index contributed by atoms with van der Waals surface area (Å²) in [4.78, 5) is 0. The van der Waals surface area contributed by atoms with Crippen molar-refractivity contribution in [3.8, 4) is 0 Å². The molecule has 0 amide bonds. The van der Waals surface area contributed by atoms with Crippen molar-refractivity contribution in [3.05, 3.63) is 34.9 Å². The van der Waals surface area contributed by atoms with Crippen molar-refractivity contribution in [1.29, 1.82) is 0 Å². The van der Waals surface area contributed by atoms with Crippen LogP contribution in [0.5, 0.6) is 0 Å². The standard InChI is InChI=1S/C17H25N/c1-12(14-7-8-14)18-13(2)16-10-9-15-5-3-4-6-17(15)11-16/h9-14,18H,3-8H2,1-2H3. The van der Waals surface area contributed by atoms with E-state index in [9.17, 15) is 0 Å². The summed E-state index contributed by atoms with van der Waals surface area (Å²) in [6.07, 6.45) is 8.16. The van der Waals surface area contributed by atoms with Gasteiger partial charge in [-0.2, -0.15) is 0 Å². The van der Waals surface area contributed by atoms with Crippen LogP contribution >= 0.6 is 0 Å². The number of aryl methyl sites for hydroxylation is 2. The third-order valence-corrected chi connectivity index (χ3v) is 4.71. The Morgan fingerprint density at radius 3 is 2.50 bits per heavy atom. The maximum Gasteiger partial charge on any atom is 0.0294 e. The van der Waals surface area contributed by atoms with Gasteiger partial charge in [-0.25, -0.2) is 0 Å². The second-order valence-electron chi connectivity index (χ2n) is 6.25. The Labute approximate surface area is 111 Å². The van der Waals surface area contributed by atoms with Crippen LogP contribution in [0.3, 0.4) is 0 Å². The number of hydrogen-bond donors (Lipinski definition) is 1. The first-order valence-corrected chi connectivity index (χ1v) is 7.62. The molecule has 3 rings (SSSR count). The van der Waals surface area contributed by atoms with Crippen molar-refractivity contribution < 1.29 is 0 Å². The maximum absolute atomic E-state index is 3.76. The molecule has 1 nitrogen and oxygen atoms in total. The zero-order valence-electron chi connectivity index (χ0n) is 11.7. The van der Waals surface area contributed by atoms with E-state index in [-0.39, 0.29) is 0 Å². The highest BCUT2D eigenvalue weighted by Gasteiger charge is 2.28. The molecule has 2 unspecified atom stereocenters. The van der Waals surface area contributed by atoms with Gasteiger partial charge in [-0.05, 0) is 75.0 Å². The summed E-state index contributed by atoms with van der Waals surface area (Å²) in [6, 6.07) is 8.32. The van der Waals surface area contributed by atoms with Crippen molar-refractivity contribution in [2.45, 2.75) is 64.5 Å². The smallest absolute Gasteiger partial charge is 0.0294 e. The summed E-state index contributed by atoms with van der Waals surface area (Å²) in [5.41, 5.74) is 4.67. The van der Waals surface area contributed by atoms with E-state index < -0.39 is 0 Å². The van der Waals surface area contributed by atoms with Crippen molar-refractivity contribution in [2.75, 3.05) is 0 Å². The first-order chi connectivity index (χ1) is 8.74. The molecule has 0 bridgehead atoms. The molecule has 0 aliphatic heterocycles. The lowest BCUT2D eigenvalue weighted by molar-refractivity contribution is 0.441. The highest BCUT2D eigenvalue weighted by atomic mass is 15.0. The van der Waals surface area contributed by atoms with Gasteiger partial charge in [0, 0.05) is 12.1 Å². The molecule has 2 atom stereocenters. The fraction of sp³-hybridized carbons (Fsp3) is 0.647. The van der Waals surface area contributed by atoms with Crippen molar-refractivity contribution in [1.82, 2.24) is 5.32 Å². The van der Waals surface area contributed by atoms with Gasteiger partial charge >= 0.3 is 0 Å². The number of rotatable bonds is 4. The van der Waals surface area contributed by atoms with Gasteiger partial charge in [0.2, 0.25) is 0 Å². The van der Waals surface area contributed by atoms with Crippen molar-refractivity contribution >= 4 is 0 Å². The Morgan fingerprint density at radius 2 is 1.78 bits per heavy atom. The lowest BCUT2D eigenvalue weighted by Gasteiger charge is -2.23. The van der Waals surface area contributed by atoms with Crippen LogP contribution in [0.4, 0.5) is 0 Å². The van der Waals surface area contributed by atoms with Crippen LogP contribution in [-0.4, -0.2) is 6.04 Å². The Morgan fingerprint density at radius 1 is 1.06 bits per heavy atom. The molecule has 98 valence electrons. The summed E-state index contributed by atoms with van der Waals surface area (Å²) < 4.78 is 0. The molecule has 1 aromatic carbocycles. The number of hydrogen-bond acceptors (Lipinski definition) is 1. The summed E-state index contributed by atoms with van der Waals surface area (Å²) >= 11 is 0. The van der Waals surface area contributed by atoms with Gasteiger partial charge in [0.15, 0.2) is 0 Å². The minimum absolute atomic E-state index is 0.493. The topological polar surface area (TPSA) is 12.0 Å². The van der Waals surface area contributed by atoms with Crippen LogP contribution in [0, 0.1) is 5.92 Å². The van der Waals surface area contributed by atoms with E-state index in [1.165, 1.54) is 44.1 Å². The molecule has 0 aromatic heterocycles. The quantitative estimate of drug-likeness (QED) is 0.842. The molecule has 1 aromatic rings. The van der Waals surface area contributed by atoms with E-state index in [1.54, 1.807) is 11.1 Å². The van der Waals surface area contributed by atoms with E-state index in [0.717, 1.165) is 5.92 Å². The molecule has 0 saturated heterocycles. The van der Waals surface area contributed by atoms with E-state index in [2.05, 4.69) is 37.4 Å². The van der Waals surface area contributed by atoms with Gasteiger partial charge in [-0.1, -0.05) is 18.2 Å². The van der Waals surface area contributed by atoms with Gasteiger partial charge in [-0.3, -0.25) is 0 Å². The van der Waals surface area contributed by atoms with E-state index >= 15 is 0 Å². The largest absolute Gasteiger partial charge is 0.307 e. The third kappa shape index (κ3) is 2.61. The molecule has 2 aliphatic carbocycles. The van der Waals surface area contributed by atoms with Crippen LogP contribution in [0.1, 0.15) is 62.3 Å². The molecule has 1 heteroatoms. The first kappa shape index (κ1) is 12.2. The molecule has 2 aliphatic rings. The Hall–Kier alpha value is -0.820. The van der Waals surface area contributed by atoms with Crippen LogP contribution in [0.15, 0.2) is 18.2 Å². The lowest BCUT2D eigenvalue weighted by Crippen LogP contribution is -2.30. The highest BCUT2D eigenvalue weighted by Crippen LogP contribution is 2.33. The third-order valence-electron chi connectivity index (χ3n) is 4.71. The van der Waals surface area contributed by atoms with Crippen LogP contribution in [-0.2, 0) is 12.8 Å². The molecule has 1 saturated carbocycles. The molecule has 1 N–H and O–H groups in total. The summed E-state index contributed by atoms with van der Waals surface area (Å²) in [6.45, 7) is 4.65. The maximum atomic E-state index is 3.76. The minimum atomic E-state index is 0.493. The average Bonchev–Trinajstić information content (AvgIpc) is 3.22.